The third-order valence-electron chi connectivity index (χ3n) is 4.86. The van der Waals surface area contributed by atoms with Gasteiger partial charge in [0.2, 0.25) is 0 Å². The minimum Gasteiger partial charge on any atom is -0.397 e. The van der Waals surface area contributed by atoms with Crippen molar-refractivity contribution in [3.05, 3.63) is 85.2 Å². The summed E-state index contributed by atoms with van der Waals surface area (Å²) in [6.07, 6.45) is 3.49. The lowest BCUT2D eigenvalue weighted by atomic mass is 10.1. The highest BCUT2D eigenvalue weighted by Crippen LogP contribution is 2.37. The second kappa shape index (κ2) is 8.23. The zero-order valence-corrected chi connectivity index (χ0v) is 17.0. The number of anilines is 3. The third-order valence-corrected chi connectivity index (χ3v) is 4.86. The predicted molar refractivity (Wildman–Crippen MR) is 125 cm³/mol. The molecule has 0 bridgehead atoms. The molecule has 0 fully saturated rings. The Morgan fingerprint density at radius 1 is 0.767 bits per heavy atom. The van der Waals surface area contributed by atoms with Crippen molar-refractivity contribution in [1.82, 2.24) is 14.5 Å². The summed E-state index contributed by atoms with van der Waals surface area (Å²) in [6, 6.07) is 23.6. The minimum absolute atomic E-state index is 0.588. The lowest BCUT2D eigenvalue weighted by Gasteiger charge is -2.20. The van der Waals surface area contributed by atoms with Gasteiger partial charge in [0, 0.05) is 23.2 Å². The van der Waals surface area contributed by atoms with Gasteiger partial charge in [0.15, 0.2) is 0 Å². The van der Waals surface area contributed by atoms with Crippen LogP contribution in [0.5, 0.6) is 0 Å². The number of fused-ring (bicyclic) bond motifs is 3. The maximum absolute atomic E-state index is 6.39. The van der Waals surface area contributed by atoms with E-state index in [0.29, 0.717) is 17.2 Å². The number of benzene rings is 2. The number of pyridine rings is 2. The number of nitrogens with two attached hydrogens (primary N) is 2. The van der Waals surface area contributed by atoms with E-state index >= 15 is 0 Å². The van der Waals surface area contributed by atoms with Crippen LogP contribution in [-0.4, -0.2) is 14.5 Å². The molecule has 6 heteroatoms. The monoisotopic (exact) mass is 396 g/mol. The molecule has 0 aliphatic rings. The fourth-order valence-electron chi connectivity index (χ4n) is 3.58. The van der Waals surface area contributed by atoms with Gasteiger partial charge in [-0.2, -0.15) is 0 Å². The van der Waals surface area contributed by atoms with Crippen LogP contribution in [0.2, 0.25) is 0 Å². The van der Waals surface area contributed by atoms with Crippen LogP contribution in [0.3, 0.4) is 0 Å². The first-order chi connectivity index (χ1) is 14.7. The first kappa shape index (κ1) is 19.4. The van der Waals surface area contributed by atoms with Crippen LogP contribution in [-0.2, 0) is 0 Å². The summed E-state index contributed by atoms with van der Waals surface area (Å²) in [6.45, 7) is 4.00. The molecular weight excluding hydrogens is 372 g/mol. The van der Waals surface area contributed by atoms with E-state index < -0.39 is 0 Å². The quantitative estimate of drug-likeness (QED) is 0.249. The smallest absolute Gasteiger partial charge is 0.147 e. The van der Waals surface area contributed by atoms with Gasteiger partial charge < -0.3 is 5.73 Å². The largest absolute Gasteiger partial charge is 0.397 e. The number of hydrogen-bond donors (Lipinski definition) is 2. The second-order valence-electron chi connectivity index (χ2n) is 6.53. The normalized spacial score (nSPS) is 10.6. The molecule has 0 aliphatic carbocycles. The molecule has 3 heterocycles. The van der Waals surface area contributed by atoms with Crippen molar-refractivity contribution >= 4 is 39.0 Å². The highest BCUT2D eigenvalue weighted by atomic mass is 15.4. The van der Waals surface area contributed by atoms with Crippen LogP contribution in [0.1, 0.15) is 13.8 Å². The lowest BCUT2D eigenvalue weighted by Crippen LogP contribution is -2.26. The van der Waals surface area contributed by atoms with E-state index in [-0.39, 0.29) is 0 Å². The van der Waals surface area contributed by atoms with Crippen LogP contribution in [0.25, 0.3) is 27.6 Å². The van der Waals surface area contributed by atoms with E-state index in [1.807, 2.05) is 74.5 Å². The SMILES string of the molecule is CC.Nc1cc2c3ccccc3n(-c3ccccn3)c2cc1N(N)c1ccccn1. The molecule has 0 aliphatic heterocycles. The molecule has 0 amide bonds. The number of aromatic nitrogens is 3. The molecule has 3 aromatic heterocycles. The van der Waals surface area contributed by atoms with E-state index in [1.165, 1.54) is 5.01 Å². The van der Waals surface area contributed by atoms with E-state index in [0.717, 1.165) is 27.6 Å². The lowest BCUT2D eigenvalue weighted by molar-refractivity contribution is 1.04. The summed E-state index contributed by atoms with van der Waals surface area (Å²) in [7, 11) is 0. The van der Waals surface area contributed by atoms with Crippen LogP contribution in [0.4, 0.5) is 17.2 Å². The van der Waals surface area contributed by atoms with Gasteiger partial charge in [-0.15, -0.1) is 0 Å². The number of hydrazine groups is 1. The summed E-state index contributed by atoms with van der Waals surface area (Å²) in [4.78, 5) is 8.88. The Bertz CT molecular complexity index is 1280. The van der Waals surface area contributed by atoms with E-state index in [2.05, 4.69) is 26.7 Å². The fraction of sp³-hybridized carbons (Fsp3) is 0.0833. The zero-order chi connectivity index (χ0) is 21.1. The van der Waals surface area contributed by atoms with Gasteiger partial charge in [-0.05, 0) is 42.5 Å². The van der Waals surface area contributed by atoms with Crippen molar-refractivity contribution in [3.63, 3.8) is 0 Å². The molecule has 2 aromatic carbocycles. The first-order valence-corrected chi connectivity index (χ1v) is 9.94. The van der Waals surface area contributed by atoms with Crippen molar-refractivity contribution in [2.24, 2.45) is 5.84 Å². The Balaban J connectivity index is 0.00000106. The van der Waals surface area contributed by atoms with Crippen molar-refractivity contribution < 1.29 is 0 Å². The summed E-state index contributed by atoms with van der Waals surface area (Å²) < 4.78 is 2.12. The van der Waals surface area contributed by atoms with E-state index in [4.69, 9.17) is 11.6 Å². The van der Waals surface area contributed by atoms with Crippen LogP contribution < -0.4 is 16.6 Å². The molecule has 150 valence electrons. The van der Waals surface area contributed by atoms with Crippen LogP contribution in [0.15, 0.2) is 85.2 Å². The Labute approximate surface area is 175 Å². The topological polar surface area (TPSA) is 86.0 Å². The number of nitrogen functional groups attached to an aromatic ring is 1. The predicted octanol–water partition coefficient (Wildman–Crippen LogP) is 5.19. The Hall–Kier alpha value is -3.90. The van der Waals surface area contributed by atoms with Gasteiger partial charge in [-0.1, -0.05) is 44.2 Å². The van der Waals surface area contributed by atoms with Crippen LogP contribution in [0, 0.1) is 0 Å². The summed E-state index contributed by atoms with van der Waals surface area (Å²) in [5.41, 5.74) is 9.71. The molecule has 5 aromatic rings. The molecule has 0 spiro atoms. The maximum atomic E-state index is 6.39. The number of nitrogens with zero attached hydrogens (tertiary/aromatic N) is 4. The third kappa shape index (κ3) is 3.23. The summed E-state index contributed by atoms with van der Waals surface area (Å²) >= 11 is 0. The van der Waals surface area contributed by atoms with Gasteiger partial charge >= 0.3 is 0 Å². The molecule has 4 N–H and O–H groups in total. The van der Waals surface area contributed by atoms with Gasteiger partial charge in [-0.25, -0.2) is 15.8 Å². The van der Waals surface area contributed by atoms with E-state index in [9.17, 15) is 0 Å². The molecule has 0 atom stereocenters. The second-order valence-corrected chi connectivity index (χ2v) is 6.53. The molecular formula is C24H24N6. The highest BCUT2D eigenvalue weighted by molar-refractivity contribution is 6.11. The highest BCUT2D eigenvalue weighted by Gasteiger charge is 2.17. The van der Waals surface area contributed by atoms with Crippen molar-refractivity contribution in [2.75, 3.05) is 10.7 Å². The van der Waals surface area contributed by atoms with Crippen molar-refractivity contribution in [3.8, 4) is 5.82 Å². The summed E-state index contributed by atoms with van der Waals surface area (Å²) in [5.74, 6) is 7.82. The molecule has 6 nitrogen and oxygen atoms in total. The minimum atomic E-state index is 0.588. The Morgan fingerprint density at radius 2 is 1.47 bits per heavy atom. The van der Waals surface area contributed by atoms with Gasteiger partial charge in [0.05, 0.1) is 22.4 Å². The molecule has 5 rings (SSSR count). The first-order valence-electron chi connectivity index (χ1n) is 9.94. The Kier molecular flexibility index (Phi) is 5.32. The molecule has 0 saturated carbocycles. The summed E-state index contributed by atoms with van der Waals surface area (Å²) in [5, 5.41) is 3.68. The van der Waals surface area contributed by atoms with Gasteiger partial charge in [0.1, 0.15) is 11.6 Å². The molecule has 0 radical (unpaired) electrons. The van der Waals surface area contributed by atoms with Crippen molar-refractivity contribution in [2.45, 2.75) is 13.8 Å². The average molecular weight is 396 g/mol. The zero-order valence-electron chi connectivity index (χ0n) is 17.0. The Morgan fingerprint density at radius 3 is 2.17 bits per heavy atom. The molecule has 30 heavy (non-hydrogen) atoms. The maximum Gasteiger partial charge on any atom is 0.147 e. The molecule has 0 saturated heterocycles. The van der Waals surface area contributed by atoms with Gasteiger partial charge in [-0.3, -0.25) is 9.58 Å². The standard InChI is InChI=1S/C22H18N6.C2H6/c23-17-13-16-15-7-1-2-8-18(15)27(21-9-3-5-11-25-21)19(16)14-20(17)28(24)22-10-4-6-12-26-22;1-2/h1-14H,23-24H2;1-2H3. The number of rotatable bonds is 3. The van der Waals surface area contributed by atoms with E-state index in [1.54, 1.807) is 12.4 Å². The molecule has 0 unspecified atom stereocenters. The fourth-order valence-corrected chi connectivity index (χ4v) is 3.58. The number of hydrogen-bond acceptors (Lipinski definition) is 5. The van der Waals surface area contributed by atoms with Crippen molar-refractivity contribution in [1.29, 1.82) is 0 Å². The average Bonchev–Trinajstić information content (AvgIpc) is 3.14. The van der Waals surface area contributed by atoms with Gasteiger partial charge in [0.25, 0.3) is 0 Å². The van der Waals surface area contributed by atoms with Crippen LogP contribution >= 0.6 is 0 Å². The number of para-hydroxylation sites is 1.